The van der Waals surface area contributed by atoms with E-state index in [1.54, 1.807) is 97.9 Å². The quantitative estimate of drug-likeness (QED) is 0.121. The molecule has 4 aromatic rings. The number of thioether (sulfide) groups is 1. The summed E-state index contributed by atoms with van der Waals surface area (Å²) in [5.74, 6) is -2.42. The molecule has 4 rings (SSSR count). The molecular formula is C32H26ClN3O5S. The van der Waals surface area contributed by atoms with Gasteiger partial charge in [0, 0.05) is 26.9 Å². The Labute approximate surface area is 251 Å². The smallest absolute Gasteiger partial charge is 0.335 e. The Kier molecular flexibility index (Phi) is 10.1. The second-order valence-electron chi connectivity index (χ2n) is 9.02. The van der Waals surface area contributed by atoms with Crippen LogP contribution in [0, 0.1) is 0 Å². The van der Waals surface area contributed by atoms with E-state index < -0.39 is 23.0 Å². The normalized spacial score (nSPS) is 11.7. The predicted molar refractivity (Wildman–Crippen MR) is 166 cm³/mol. The SMILES string of the molecule is CC(Sc1cccc(NC(=O)/C(=C\c2ccccc2Cl)NC(=O)c2ccccc2)c1)C(=O)Nc1cccc(C(=O)O)c1. The van der Waals surface area contributed by atoms with E-state index in [-0.39, 0.29) is 17.2 Å². The van der Waals surface area contributed by atoms with Gasteiger partial charge in [-0.3, -0.25) is 14.4 Å². The molecule has 0 heterocycles. The summed E-state index contributed by atoms with van der Waals surface area (Å²) < 4.78 is 0. The van der Waals surface area contributed by atoms with Crippen LogP contribution >= 0.6 is 23.4 Å². The molecule has 1 unspecified atom stereocenters. The number of benzene rings is 4. The van der Waals surface area contributed by atoms with Gasteiger partial charge in [0.05, 0.1) is 10.8 Å². The topological polar surface area (TPSA) is 125 Å². The monoisotopic (exact) mass is 599 g/mol. The Morgan fingerprint density at radius 1 is 0.786 bits per heavy atom. The molecule has 42 heavy (non-hydrogen) atoms. The molecule has 0 aromatic heterocycles. The van der Waals surface area contributed by atoms with E-state index in [4.69, 9.17) is 11.6 Å². The molecule has 0 saturated heterocycles. The Morgan fingerprint density at radius 3 is 2.14 bits per heavy atom. The lowest BCUT2D eigenvalue weighted by Crippen LogP contribution is -2.30. The maximum absolute atomic E-state index is 13.4. The number of carbonyl (C=O) groups excluding carboxylic acids is 3. The second-order valence-corrected chi connectivity index (χ2v) is 10.8. The number of carboxylic acid groups (broad SMARTS) is 1. The Bertz CT molecular complexity index is 1660. The Hall–Kier alpha value is -4.86. The zero-order valence-electron chi connectivity index (χ0n) is 22.3. The fraction of sp³-hybridized carbons (Fsp3) is 0.0625. The summed E-state index contributed by atoms with van der Waals surface area (Å²) in [6.45, 7) is 1.72. The van der Waals surface area contributed by atoms with Gasteiger partial charge in [-0.25, -0.2) is 4.79 Å². The van der Waals surface area contributed by atoms with Gasteiger partial charge >= 0.3 is 5.97 Å². The number of nitrogens with one attached hydrogen (secondary N) is 3. The van der Waals surface area contributed by atoms with E-state index in [0.717, 1.165) is 0 Å². The maximum Gasteiger partial charge on any atom is 0.335 e. The lowest BCUT2D eigenvalue weighted by atomic mass is 10.1. The molecule has 3 amide bonds. The van der Waals surface area contributed by atoms with Crippen molar-refractivity contribution >= 4 is 64.5 Å². The van der Waals surface area contributed by atoms with Crippen LogP contribution in [0.15, 0.2) is 114 Å². The lowest BCUT2D eigenvalue weighted by Gasteiger charge is -2.14. The molecule has 0 aliphatic heterocycles. The zero-order valence-corrected chi connectivity index (χ0v) is 23.9. The summed E-state index contributed by atoms with van der Waals surface area (Å²) in [5.41, 5.74) is 1.83. The first kappa shape index (κ1) is 30.1. The maximum atomic E-state index is 13.4. The van der Waals surface area contributed by atoms with Crippen molar-refractivity contribution in [1.82, 2.24) is 5.32 Å². The lowest BCUT2D eigenvalue weighted by molar-refractivity contribution is -0.115. The summed E-state index contributed by atoms with van der Waals surface area (Å²) in [5, 5.41) is 17.3. The van der Waals surface area contributed by atoms with Gasteiger partial charge in [0.1, 0.15) is 5.70 Å². The highest BCUT2D eigenvalue weighted by Gasteiger charge is 2.18. The van der Waals surface area contributed by atoms with Gasteiger partial charge < -0.3 is 21.1 Å². The molecule has 0 spiro atoms. The summed E-state index contributed by atoms with van der Waals surface area (Å²) in [6.07, 6.45) is 1.50. The molecule has 8 nitrogen and oxygen atoms in total. The minimum Gasteiger partial charge on any atom is -0.478 e. The number of carbonyl (C=O) groups is 4. The number of amides is 3. The number of anilines is 2. The minimum atomic E-state index is -1.09. The highest BCUT2D eigenvalue weighted by atomic mass is 35.5. The Balaban J connectivity index is 1.48. The molecule has 0 aliphatic rings. The molecule has 212 valence electrons. The third kappa shape index (κ3) is 8.33. The number of hydrogen-bond donors (Lipinski definition) is 4. The van der Waals surface area contributed by atoms with Gasteiger partial charge in [-0.1, -0.05) is 60.1 Å². The van der Waals surface area contributed by atoms with Crippen LogP contribution in [0.2, 0.25) is 5.02 Å². The molecule has 4 aromatic carbocycles. The van der Waals surface area contributed by atoms with Gasteiger partial charge in [-0.15, -0.1) is 11.8 Å². The van der Waals surface area contributed by atoms with Crippen molar-refractivity contribution in [2.24, 2.45) is 0 Å². The van der Waals surface area contributed by atoms with Crippen LogP contribution in [0.3, 0.4) is 0 Å². The van der Waals surface area contributed by atoms with Crippen LogP contribution in [0.1, 0.15) is 33.2 Å². The van der Waals surface area contributed by atoms with Crippen LogP contribution in [0.4, 0.5) is 11.4 Å². The van der Waals surface area contributed by atoms with E-state index in [1.807, 2.05) is 0 Å². The number of hydrogen-bond acceptors (Lipinski definition) is 5. The molecular weight excluding hydrogens is 574 g/mol. The van der Waals surface area contributed by atoms with Crippen LogP contribution in [0.25, 0.3) is 6.08 Å². The number of halogens is 1. The standard InChI is InChI=1S/C32H26ClN3O5S/c1-20(29(37)34-24-13-7-12-23(17-24)32(40)41)42-26-15-8-14-25(19-26)35-31(39)28(18-22-11-5-6-16-27(22)33)36-30(38)21-9-3-2-4-10-21/h2-20H,1H3,(H,34,37)(H,35,39)(H,36,38)(H,40,41)/b28-18+. The van der Waals surface area contributed by atoms with Gasteiger partial charge in [-0.05, 0) is 73.2 Å². The first-order valence-corrected chi connectivity index (χ1v) is 14.0. The zero-order chi connectivity index (χ0) is 30.1. The van der Waals surface area contributed by atoms with Gasteiger partial charge in [-0.2, -0.15) is 0 Å². The van der Waals surface area contributed by atoms with Crippen LogP contribution < -0.4 is 16.0 Å². The highest BCUT2D eigenvalue weighted by Crippen LogP contribution is 2.27. The van der Waals surface area contributed by atoms with E-state index in [9.17, 15) is 24.3 Å². The minimum absolute atomic E-state index is 0.00801. The predicted octanol–water partition coefficient (Wildman–Crippen LogP) is 6.57. The first-order chi connectivity index (χ1) is 20.2. The summed E-state index contributed by atoms with van der Waals surface area (Å²) in [6, 6.07) is 28.4. The average Bonchev–Trinajstić information content (AvgIpc) is 2.98. The van der Waals surface area contributed by atoms with Crippen LogP contribution in [-0.2, 0) is 9.59 Å². The van der Waals surface area contributed by atoms with Crippen molar-refractivity contribution < 1.29 is 24.3 Å². The molecule has 0 fully saturated rings. The molecule has 4 N–H and O–H groups in total. The average molecular weight is 600 g/mol. The first-order valence-electron chi connectivity index (χ1n) is 12.7. The van der Waals surface area contributed by atoms with Crippen LogP contribution in [0.5, 0.6) is 0 Å². The van der Waals surface area contributed by atoms with E-state index in [0.29, 0.717) is 32.4 Å². The van der Waals surface area contributed by atoms with Gasteiger partial charge in [0.25, 0.3) is 11.8 Å². The molecule has 0 aliphatic carbocycles. The molecule has 0 radical (unpaired) electrons. The third-order valence-corrected chi connectivity index (χ3v) is 7.32. The number of rotatable bonds is 10. The molecule has 10 heteroatoms. The van der Waals surface area contributed by atoms with Crippen molar-refractivity contribution in [3.63, 3.8) is 0 Å². The van der Waals surface area contributed by atoms with Crippen molar-refractivity contribution in [1.29, 1.82) is 0 Å². The highest BCUT2D eigenvalue weighted by molar-refractivity contribution is 8.00. The fourth-order valence-corrected chi connectivity index (χ4v) is 4.88. The fourth-order valence-electron chi connectivity index (χ4n) is 3.77. The molecule has 0 bridgehead atoms. The van der Waals surface area contributed by atoms with Crippen molar-refractivity contribution in [2.45, 2.75) is 17.1 Å². The van der Waals surface area contributed by atoms with Gasteiger partial charge in [0.2, 0.25) is 5.91 Å². The van der Waals surface area contributed by atoms with E-state index >= 15 is 0 Å². The second kappa shape index (κ2) is 14.2. The Morgan fingerprint density at radius 2 is 1.43 bits per heavy atom. The number of aromatic carboxylic acids is 1. The van der Waals surface area contributed by atoms with E-state index in [2.05, 4.69) is 16.0 Å². The summed E-state index contributed by atoms with van der Waals surface area (Å²) in [4.78, 5) is 50.9. The van der Waals surface area contributed by atoms with Crippen molar-refractivity contribution in [2.75, 3.05) is 10.6 Å². The largest absolute Gasteiger partial charge is 0.478 e. The van der Waals surface area contributed by atoms with Crippen molar-refractivity contribution in [3.05, 3.63) is 131 Å². The van der Waals surface area contributed by atoms with Gasteiger partial charge in [0.15, 0.2) is 0 Å². The van der Waals surface area contributed by atoms with Crippen molar-refractivity contribution in [3.8, 4) is 0 Å². The van der Waals surface area contributed by atoms with E-state index in [1.165, 1.54) is 30.0 Å². The molecule has 0 saturated carbocycles. The molecule has 1 atom stereocenters. The third-order valence-electron chi connectivity index (χ3n) is 5.88. The summed E-state index contributed by atoms with van der Waals surface area (Å²) >= 11 is 7.57. The summed E-state index contributed by atoms with van der Waals surface area (Å²) in [7, 11) is 0. The van der Waals surface area contributed by atoms with Crippen LogP contribution in [-0.4, -0.2) is 34.0 Å². The number of carboxylic acids is 1.